The van der Waals surface area contributed by atoms with E-state index in [2.05, 4.69) is 5.32 Å². The maximum absolute atomic E-state index is 13.2. The quantitative estimate of drug-likeness (QED) is 0.177. The van der Waals surface area contributed by atoms with Crippen LogP contribution in [0.15, 0.2) is 78.9 Å². The average Bonchev–Trinajstić information content (AvgIpc) is 3.04. The molecule has 0 aliphatic heterocycles. The number of ketones is 1. The Hall–Kier alpha value is -4.13. The Morgan fingerprint density at radius 2 is 1.60 bits per heavy atom. The number of esters is 1. The van der Waals surface area contributed by atoms with Gasteiger partial charge in [-0.3, -0.25) is 9.59 Å². The summed E-state index contributed by atoms with van der Waals surface area (Å²) in [6.07, 6.45) is 7.54. The van der Waals surface area contributed by atoms with Crippen molar-refractivity contribution >= 4 is 23.3 Å². The summed E-state index contributed by atoms with van der Waals surface area (Å²) < 4.78 is 11.1. The van der Waals surface area contributed by atoms with Crippen molar-refractivity contribution in [2.75, 3.05) is 25.6 Å². The van der Waals surface area contributed by atoms with Crippen LogP contribution in [-0.2, 0) is 20.7 Å². The van der Waals surface area contributed by atoms with Crippen molar-refractivity contribution in [3.63, 3.8) is 0 Å². The van der Waals surface area contributed by atoms with E-state index in [1.54, 1.807) is 30.3 Å². The summed E-state index contributed by atoms with van der Waals surface area (Å²) in [5, 5.41) is 3.25. The maximum Gasteiger partial charge on any atom is 0.328 e. The molecule has 42 heavy (non-hydrogen) atoms. The molecule has 1 atom stereocenters. The Bertz CT molecular complexity index is 1300. The molecule has 1 aliphatic carbocycles. The zero-order chi connectivity index (χ0) is 29.7. The summed E-state index contributed by atoms with van der Waals surface area (Å²) in [4.78, 5) is 40.7. The van der Waals surface area contributed by atoms with Crippen molar-refractivity contribution in [1.82, 2.24) is 4.90 Å². The van der Waals surface area contributed by atoms with Crippen LogP contribution in [0.3, 0.4) is 0 Å². The number of methoxy groups -OCH3 is 1. The van der Waals surface area contributed by atoms with Crippen LogP contribution in [0.2, 0.25) is 0 Å². The van der Waals surface area contributed by atoms with Gasteiger partial charge in [0.25, 0.3) is 0 Å². The van der Waals surface area contributed by atoms with Crippen LogP contribution in [0.4, 0.5) is 5.69 Å². The van der Waals surface area contributed by atoms with E-state index in [0.717, 1.165) is 24.8 Å². The SMILES string of the molecule is CCCC(=O)N(CCOc1ccc(C[C@H](Nc2ccccc2C(=O)c2ccccc2)C(=O)OC)cc1)C1CCCCC1. The number of carbonyl (C=O) groups excluding carboxylic acids is 3. The highest BCUT2D eigenvalue weighted by molar-refractivity contribution is 6.12. The van der Waals surface area contributed by atoms with Gasteiger partial charge in [0.2, 0.25) is 5.91 Å². The van der Waals surface area contributed by atoms with Crippen molar-refractivity contribution in [2.45, 2.75) is 70.4 Å². The van der Waals surface area contributed by atoms with E-state index >= 15 is 0 Å². The molecule has 1 aliphatic rings. The number of nitrogens with zero attached hydrogens (tertiary/aromatic N) is 1. The van der Waals surface area contributed by atoms with Gasteiger partial charge in [-0.05, 0) is 49.1 Å². The van der Waals surface area contributed by atoms with Gasteiger partial charge in [0.15, 0.2) is 5.78 Å². The third-order valence-electron chi connectivity index (χ3n) is 7.79. The fraction of sp³-hybridized carbons (Fsp3) is 0.400. The van der Waals surface area contributed by atoms with Gasteiger partial charge in [-0.15, -0.1) is 0 Å². The van der Waals surface area contributed by atoms with Gasteiger partial charge < -0.3 is 19.7 Å². The largest absolute Gasteiger partial charge is 0.492 e. The summed E-state index contributed by atoms with van der Waals surface area (Å²) >= 11 is 0. The zero-order valence-electron chi connectivity index (χ0n) is 24.7. The van der Waals surface area contributed by atoms with Crippen LogP contribution >= 0.6 is 0 Å². The van der Waals surface area contributed by atoms with E-state index in [-0.39, 0.29) is 11.7 Å². The Balaban J connectivity index is 1.38. The number of hydrogen-bond donors (Lipinski definition) is 1. The first kappa shape index (κ1) is 30.8. The molecular weight excluding hydrogens is 528 g/mol. The number of ether oxygens (including phenoxy) is 2. The molecule has 0 saturated heterocycles. The summed E-state index contributed by atoms with van der Waals surface area (Å²) in [5.74, 6) is 0.391. The van der Waals surface area contributed by atoms with Crippen molar-refractivity contribution in [3.05, 3.63) is 95.6 Å². The molecule has 0 aromatic heterocycles. The second-order valence-corrected chi connectivity index (χ2v) is 10.8. The minimum Gasteiger partial charge on any atom is -0.492 e. The minimum absolute atomic E-state index is 0.123. The predicted molar refractivity (Wildman–Crippen MR) is 165 cm³/mol. The molecular formula is C35H42N2O5. The van der Waals surface area contributed by atoms with Gasteiger partial charge in [0, 0.05) is 35.7 Å². The molecule has 7 heteroatoms. The molecule has 3 aromatic rings. The first-order chi connectivity index (χ1) is 20.5. The lowest BCUT2D eigenvalue weighted by Crippen LogP contribution is -2.43. The maximum atomic E-state index is 13.2. The van der Waals surface area contributed by atoms with E-state index in [1.807, 2.05) is 60.4 Å². The number of amides is 1. The highest BCUT2D eigenvalue weighted by Crippen LogP contribution is 2.24. The first-order valence-electron chi connectivity index (χ1n) is 15.0. The molecule has 1 N–H and O–H groups in total. The van der Waals surface area contributed by atoms with Gasteiger partial charge >= 0.3 is 5.97 Å². The van der Waals surface area contributed by atoms with Crippen molar-refractivity contribution in [1.29, 1.82) is 0 Å². The Morgan fingerprint density at radius 3 is 2.29 bits per heavy atom. The molecule has 0 heterocycles. The van der Waals surface area contributed by atoms with Gasteiger partial charge in [0.1, 0.15) is 18.4 Å². The Morgan fingerprint density at radius 1 is 0.905 bits per heavy atom. The van der Waals surface area contributed by atoms with E-state index in [9.17, 15) is 14.4 Å². The fourth-order valence-electron chi connectivity index (χ4n) is 5.56. The lowest BCUT2D eigenvalue weighted by molar-refractivity contribution is -0.141. The third kappa shape index (κ3) is 8.44. The second kappa shape index (κ2) is 15.8. The van der Waals surface area contributed by atoms with E-state index in [4.69, 9.17) is 9.47 Å². The van der Waals surface area contributed by atoms with Crippen molar-refractivity contribution in [2.24, 2.45) is 0 Å². The molecule has 7 nitrogen and oxygen atoms in total. The van der Waals surface area contributed by atoms with Crippen LogP contribution < -0.4 is 10.1 Å². The molecule has 1 amide bonds. The molecule has 0 bridgehead atoms. The lowest BCUT2D eigenvalue weighted by atomic mass is 9.94. The lowest BCUT2D eigenvalue weighted by Gasteiger charge is -2.34. The van der Waals surface area contributed by atoms with Crippen LogP contribution in [0.5, 0.6) is 5.75 Å². The summed E-state index contributed by atoms with van der Waals surface area (Å²) in [6.45, 7) is 3.06. The van der Waals surface area contributed by atoms with Gasteiger partial charge in [-0.25, -0.2) is 4.79 Å². The number of hydrogen-bond acceptors (Lipinski definition) is 6. The molecule has 3 aromatic carbocycles. The molecule has 222 valence electrons. The van der Waals surface area contributed by atoms with E-state index in [1.165, 1.54) is 26.4 Å². The standard InChI is InChI=1S/C35H42N2O5/c1-3-12-33(38)37(28-15-8-5-9-16-28)23-24-42-29-21-19-26(20-22-29)25-32(35(40)41-2)36-31-18-11-10-17-30(31)34(39)27-13-6-4-7-14-27/h4,6-7,10-11,13-14,17-22,28,32,36H,3,5,8-9,12,15-16,23-25H2,1-2H3/t32-/m0/s1. The normalized spacial score (nSPS) is 14.0. The first-order valence-corrected chi connectivity index (χ1v) is 15.0. The number of anilines is 1. The number of nitrogens with one attached hydrogen (secondary N) is 1. The van der Waals surface area contributed by atoms with Gasteiger partial charge in [-0.1, -0.05) is 80.8 Å². The van der Waals surface area contributed by atoms with Crippen molar-refractivity contribution in [3.8, 4) is 5.75 Å². The van der Waals surface area contributed by atoms with Crippen LogP contribution in [0.1, 0.15) is 73.4 Å². The topological polar surface area (TPSA) is 84.9 Å². The third-order valence-corrected chi connectivity index (χ3v) is 7.79. The van der Waals surface area contributed by atoms with Crippen molar-refractivity contribution < 1.29 is 23.9 Å². The highest BCUT2D eigenvalue weighted by Gasteiger charge is 2.25. The fourth-order valence-corrected chi connectivity index (χ4v) is 5.56. The smallest absolute Gasteiger partial charge is 0.328 e. The van der Waals surface area contributed by atoms with E-state index < -0.39 is 12.0 Å². The predicted octanol–water partition coefficient (Wildman–Crippen LogP) is 6.45. The number of benzene rings is 3. The van der Waals surface area contributed by atoms with E-state index in [0.29, 0.717) is 54.6 Å². The van der Waals surface area contributed by atoms with Crippen LogP contribution in [-0.4, -0.2) is 54.9 Å². The average molecular weight is 571 g/mol. The summed E-state index contributed by atoms with van der Waals surface area (Å²) in [5.41, 5.74) is 2.55. The zero-order valence-corrected chi connectivity index (χ0v) is 24.7. The minimum atomic E-state index is -0.694. The van der Waals surface area contributed by atoms with Gasteiger partial charge in [0.05, 0.1) is 13.7 Å². The molecule has 0 unspecified atom stereocenters. The molecule has 4 rings (SSSR count). The molecule has 0 radical (unpaired) electrons. The van der Waals surface area contributed by atoms with Crippen LogP contribution in [0.25, 0.3) is 0 Å². The Kier molecular flexibility index (Phi) is 11.6. The summed E-state index contributed by atoms with van der Waals surface area (Å²) in [6, 6.07) is 23.5. The molecule has 1 saturated carbocycles. The monoisotopic (exact) mass is 570 g/mol. The Labute approximate surface area is 249 Å². The summed E-state index contributed by atoms with van der Waals surface area (Å²) in [7, 11) is 1.36. The van der Waals surface area contributed by atoms with Crippen LogP contribution in [0, 0.1) is 0 Å². The number of rotatable bonds is 14. The van der Waals surface area contributed by atoms with Gasteiger partial charge in [-0.2, -0.15) is 0 Å². The number of para-hydroxylation sites is 1. The number of carbonyl (C=O) groups is 3. The molecule has 1 fully saturated rings. The second-order valence-electron chi connectivity index (χ2n) is 10.8. The molecule has 0 spiro atoms. The highest BCUT2D eigenvalue weighted by atomic mass is 16.5.